The molecular formula is C11H13O4P. The molecule has 16 heavy (non-hydrogen) atoms. The van der Waals surface area contributed by atoms with Crippen molar-refractivity contribution in [3.8, 4) is 0 Å². The highest BCUT2D eigenvalue weighted by Gasteiger charge is 2.30. The van der Waals surface area contributed by atoms with E-state index in [1.807, 2.05) is 24.3 Å². The van der Waals surface area contributed by atoms with E-state index in [0.717, 1.165) is 11.1 Å². The molecule has 0 fully saturated rings. The Morgan fingerprint density at radius 3 is 2.19 bits per heavy atom. The van der Waals surface area contributed by atoms with Crippen LogP contribution < -0.4 is 0 Å². The number of carbonyl (C=O) groups is 1. The fourth-order valence-corrected chi connectivity index (χ4v) is 2.78. The van der Waals surface area contributed by atoms with Gasteiger partial charge in [0.2, 0.25) is 0 Å². The van der Waals surface area contributed by atoms with Crippen LogP contribution in [0, 0.1) is 5.92 Å². The average Bonchev–Trinajstić information content (AvgIpc) is 2.58. The van der Waals surface area contributed by atoms with Crippen LogP contribution in [0.3, 0.4) is 0 Å². The van der Waals surface area contributed by atoms with Crippen LogP contribution in [0.1, 0.15) is 11.1 Å². The smallest absolute Gasteiger partial charge is 0.324 e. The molecule has 4 nitrogen and oxygen atoms in total. The second kappa shape index (κ2) is 4.13. The van der Waals surface area contributed by atoms with E-state index in [9.17, 15) is 9.36 Å². The monoisotopic (exact) mass is 240 g/mol. The van der Waals surface area contributed by atoms with Gasteiger partial charge < -0.3 is 9.79 Å². The highest BCUT2D eigenvalue weighted by atomic mass is 31.2. The third-order valence-electron chi connectivity index (χ3n) is 2.87. The zero-order valence-corrected chi connectivity index (χ0v) is 9.56. The van der Waals surface area contributed by atoms with Crippen molar-refractivity contribution >= 4 is 13.4 Å². The predicted octanol–water partition coefficient (Wildman–Crippen LogP) is 1.15. The summed E-state index contributed by atoms with van der Waals surface area (Å²) >= 11 is 0. The van der Waals surface area contributed by atoms with Crippen LogP contribution in [0.25, 0.3) is 0 Å². The average molecular weight is 240 g/mol. The Morgan fingerprint density at radius 1 is 1.25 bits per heavy atom. The number of hydrogen-bond donors (Lipinski definition) is 2. The molecule has 86 valence electrons. The summed E-state index contributed by atoms with van der Waals surface area (Å²) in [5.74, 6) is -0.588. The summed E-state index contributed by atoms with van der Waals surface area (Å²) in [7, 11) is -4.22. The molecule has 0 unspecified atom stereocenters. The molecule has 0 aromatic heterocycles. The van der Waals surface area contributed by atoms with Crippen LogP contribution in [-0.4, -0.2) is 21.7 Å². The molecular weight excluding hydrogens is 227 g/mol. The van der Waals surface area contributed by atoms with Gasteiger partial charge in [0, 0.05) is 5.92 Å². The normalized spacial score (nSPS) is 16.1. The van der Waals surface area contributed by atoms with Crippen LogP contribution >= 0.6 is 7.60 Å². The summed E-state index contributed by atoms with van der Waals surface area (Å²) in [6.07, 6.45) is 0.579. The van der Waals surface area contributed by atoms with Gasteiger partial charge >= 0.3 is 7.60 Å². The van der Waals surface area contributed by atoms with Crippen LogP contribution in [0.4, 0.5) is 0 Å². The van der Waals surface area contributed by atoms with Gasteiger partial charge in [-0.15, -0.1) is 0 Å². The minimum Gasteiger partial charge on any atom is -0.324 e. The van der Waals surface area contributed by atoms with Gasteiger partial charge in [-0.3, -0.25) is 9.36 Å². The number of hydrogen-bond acceptors (Lipinski definition) is 2. The van der Waals surface area contributed by atoms with Crippen molar-refractivity contribution in [2.24, 2.45) is 5.92 Å². The third-order valence-corrected chi connectivity index (χ3v) is 3.59. The molecule has 1 aliphatic rings. The van der Waals surface area contributed by atoms with Gasteiger partial charge in [0.15, 0.2) is 0 Å². The van der Waals surface area contributed by atoms with Crippen LogP contribution in [0.5, 0.6) is 0 Å². The second-order valence-corrected chi connectivity index (χ2v) is 5.81. The van der Waals surface area contributed by atoms with E-state index < -0.39 is 13.8 Å². The largest absolute Gasteiger partial charge is 0.332 e. The second-order valence-electron chi connectivity index (χ2n) is 4.16. The van der Waals surface area contributed by atoms with Gasteiger partial charge in [-0.1, -0.05) is 24.3 Å². The quantitative estimate of drug-likeness (QED) is 0.777. The van der Waals surface area contributed by atoms with Crippen LogP contribution in [0.15, 0.2) is 24.3 Å². The van der Waals surface area contributed by atoms with E-state index in [2.05, 4.69) is 0 Å². The van der Waals surface area contributed by atoms with Gasteiger partial charge in [-0.25, -0.2) is 0 Å². The number of carbonyl (C=O) groups excluding carboxylic acids is 1. The van der Waals surface area contributed by atoms with Crippen molar-refractivity contribution in [2.45, 2.75) is 12.8 Å². The first-order valence-corrected chi connectivity index (χ1v) is 6.89. The molecule has 0 amide bonds. The Kier molecular flexibility index (Phi) is 2.98. The summed E-state index contributed by atoms with van der Waals surface area (Å²) in [5.41, 5.74) is 2.23. The summed E-state index contributed by atoms with van der Waals surface area (Å²) in [5, 5.41) is 0. The molecule has 0 spiro atoms. The van der Waals surface area contributed by atoms with E-state index in [4.69, 9.17) is 9.79 Å². The first kappa shape index (κ1) is 11.5. The lowest BCUT2D eigenvalue weighted by Crippen LogP contribution is -2.18. The summed E-state index contributed by atoms with van der Waals surface area (Å²) < 4.78 is 10.7. The maximum absolute atomic E-state index is 11.6. The van der Waals surface area contributed by atoms with Crippen LogP contribution in [-0.2, 0) is 22.2 Å². The minimum absolute atomic E-state index is 0.259. The molecule has 5 heteroatoms. The van der Waals surface area contributed by atoms with E-state index in [1.54, 1.807) is 0 Å². The number of fused-ring (bicyclic) bond motifs is 1. The molecule has 0 saturated heterocycles. The number of benzene rings is 1. The third kappa shape index (κ3) is 2.59. The summed E-state index contributed by atoms with van der Waals surface area (Å²) in [6, 6.07) is 7.74. The van der Waals surface area contributed by atoms with Crippen molar-refractivity contribution in [1.82, 2.24) is 0 Å². The van der Waals surface area contributed by atoms with Crippen molar-refractivity contribution in [3.05, 3.63) is 35.4 Å². The fraction of sp³-hybridized carbons (Fsp3) is 0.364. The first-order chi connectivity index (χ1) is 7.46. The lowest BCUT2D eigenvalue weighted by Gasteiger charge is -2.08. The van der Waals surface area contributed by atoms with Gasteiger partial charge in [0.25, 0.3) is 0 Å². The van der Waals surface area contributed by atoms with Gasteiger partial charge in [0.1, 0.15) is 11.9 Å². The topological polar surface area (TPSA) is 74.6 Å². The molecule has 0 bridgehead atoms. The van der Waals surface area contributed by atoms with Gasteiger partial charge in [-0.05, 0) is 24.0 Å². The molecule has 0 radical (unpaired) electrons. The Morgan fingerprint density at radius 2 is 1.75 bits per heavy atom. The minimum atomic E-state index is -4.22. The number of ketones is 1. The zero-order valence-electron chi connectivity index (χ0n) is 8.67. The summed E-state index contributed by atoms with van der Waals surface area (Å²) in [4.78, 5) is 29.1. The van der Waals surface area contributed by atoms with Crippen molar-refractivity contribution in [2.75, 3.05) is 6.16 Å². The molecule has 0 heterocycles. The molecule has 0 saturated carbocycles. The molecule has 1 aliphatic carbocycles. The highest BCUT2D eigenvalue weighted by Crippen LogP contribution is 2.37. The molecule has 1 aromatic rings. The van der Waals surface area contributed by atoms with E-state index in [0.29, 0.717) is 12.8 Å². The van der Waals surface area contributed by atoms with E-state index >= 15 is 0 Å². The van der Waals surface area contributed by atoms with E-state index in [1.165, 1.54) is 0 Å². The fourth-order valence-electron chi connectivity index (χ4n) is 2.12. The Balaban J connectivity index is 2.07. The molecule has 2 N–H and O–H groups in total. The Bertz CT molecular complexity index is 438. The highest BCUT2D eigenvalue weighted by molar-refractivity contribution is 7.52. The molecule has 0 atom stereocenters. The first-order valence-electron chi connectivity index (χ1n) is 5.10. The lowest BCUT2D eigenvalue weighted by molar-refractivity contribution is -0.120. The lowest BCUT2D eigenvalue weighted by atomic mass is 10.0. The van der Waals surface area contributed by atoms with Crippen molar-refractivity contribution in [3.63, 3.8) is 0 Å². The van der Waals surface area contributed by atoms with Gasteiger partial charge in [0.05, 0.1) is 0 Å². The maximum Gasteiger partial charge on any atom is 0.332 e. The van der Waals surface area contributed by atoms with Crippen molar-refractivity contribution in [1.29, 1.82) is 0 Å². The Labute approximate surface area is 93.5 Å². The van der Waals surface area contributed by atoms with Crippen LogP contribution in [0.2, 0.25) is 0 Å². The maximum atomic E-state index is 11.6. The number of Topliss-reactive ketones (excluding diaryl/α,β-unsaturated/α-hetero) is 1. The molecule has 1 aromatic carbocycles. The van der Waals surface area contributed by atoms with Crippen molar-refractivity contribution < 1.29 is 19.1 Å². The summed E-state index contributed by atoms with van der Waals surface area (Å²) in [6.45, 7) is 0. The predicted molar refractivity (Wildman–Crippen MR) is 59.3 cm³/mol. The molecule has 0 aliphatic heterocycles. The Hall–Kier alpha value is -0.960. The van der Waals surface area contributed by atoms with E-state index in [-0.39, 0.29) is 11.7 Å². The SMILES string of the molecule is O=C(CP(=O)(O)O)C1Cc2ccccc2C1. The molecule has 2 rings (SSSR count). The standard InChI is InChI=1S/C11H13O4P/c12-11(7-16(13,14)15)10-5-8-3-1-2-4-9(8)6-10/h1-4,10H,5-7H2,(H2,13,14,15). The zero-order chi connectivity index (χ0) is 11.8. The number of rotatable bonds is 3. The van der Waals surface area contributed by atoms with Gasteiger partial charge in [-0.2, -0.15) is 0 Å².